The molecule has 2 aromatic carbocycles. The van der Waals surface area contributed by atoms with E-state index in [2.05, 4.69) is 5.32 Å². The van der Waals surface area contributed by atoms with Crippen LogP contribution >= 0.6 is 0 Å². The van der Waals surface area contributed by atoms with Gasteiger partial charge in [-0.05, 0) is 30.2 Å². The highest BCUT2D eigenvalue weighted by Gasteiger charge is 2.13. The zero-order chi connectivity index (χ0) is 17.8. The first kappa shape index (κ1) is 16.9. The predicted octanol–water partition coefficient (Wildman–Crippen LogP) is 3.17. The number of aromatic nitrogens is 1. The highest BCUT2D eigenvalue weighted by Crippen LogP contribution is 2.27. The number of ether oxygens (including phenoxy) is 2. The van der Waals surface area contributed by atoms with Crippen molar-refractivity contribution in [3.63, 3.8) is 0 Å². The average Bonchev–Trinajstić information content (AvgIpc) is 2.98. The van der Waals surface area contributed by atoms with Crippen LogP contribution in [0.25, 0.3) is 10.9 Å². The standard InChI is InChI=1S/C20H22N2O3/c1-22-13-16(15-6-4-5-7-17(15)22)20(23)21-11-10-14-8-9-18(24-2)19(12-14)25-3/h4-9,12-13H,10-11H2,1-3H3,(H,21,23). The van der Waals surface area contributed by atoms with Crippen LogP contribution in [0.5, 0.6) is 11.5 Å². The summed E-state index contributed by atoms with van der Waals surface area (Å²) in [5.74, 6) is 1.34. The van der Waals surface area contributed by atoms with E-state index in [1.807, 2.05) is 60.3 Å². The molecule has 1 aromatic heterocycles. The Morgan fingerprint density at radius 1 is 1.08 bits per heavy atom. The number of carbonyl (C=O) groups excluding carboxylic acids is 1. The number of carbonyl (C=O) groups is 1. The SMILES string of the molecule is COc1ccc(CCNC(=O)c2cn(C)c3ccccc23)cc1OC. The van der Waals surface area contributed by atoms with Gasteiger partial charge in [0, 0.05) is 30.7 Å². The smallest absolute Gasteiger partial charge is 0.253 e. The summed E-state index contributed by atoms with van der Waals surface area (Å²) in [7, 11) is 5.18. The minimum Gasteiger partial charge on any atom is -0.493 e. The minimum absolute atomic E-state index is 0.0581. The lowest BCUT2D eigenvalue weighted by Gasteiger charge is -2.10. The lowest BCUT2D eigenvalue weighted by Crippen LogP contribution is -2.25. The largest absolute Gasteiger partial charge is 0.493 e. The number of methoxy groups -OCH3 is 2. The molecule has 3 rings (SSSR count). The maximum absolute atomic E-state index is 12.5. The van der Waals surface area contributed by atoms with E-state index in [1.54, 1.807) is 14.2 Å². The molecule has 0 aliphatic rings. The zero-order valence-corrected chi connectivity index (χ0v) is 14.7. The second-order valence-corrected chi connectivity index (χ2v) is 5.87. The van der Waals surface area contributed by atoms with Crippen LogP contribution in [0.4, 0.5) is 0 Å². The predicted molar refractivity (Wildman–Crippen MR) is 98.5 cm³/mol. The van der Waals surface area contributed by atoms with Gasteiger partial charge in [0.1, 0.15) is 0 Å². The molecular formula is C20H22N2O3. The molecule has 0 radical (unpaired) electrons. The molecule has 0 fully saturated rings. The highest BCUT2D eigenvalue weighted by molar-refractivity contribution is 6.06. The van der Waals surface area contributed by atoms with Gasteiger partial charge in [0.15, 0.2) is 11.5 Å². The Labute approximate surface area is 147 Å². The van der Waals surface area contributed by atoms with Gasteiger partial charge < -0.3 is 19.4 Å². The fourth-order valence-electron chi connectivity index (χ4n) is 2.97. The first-order valence-corrected chi connectivity index (χ1v) is 8.17. The van der Waals surface area contributed by atoms with Gasteiger partial charge in [-0.15, -0.1) is 0 Å². The fraction of sp³-hybridized carbons (Fsp3) is 0.250. The average molecular weight is 338 g/mol. The van der Waals surface area contributed by atoms with Crippen molar-refractivity contribution in [1.29, 1.82) is 0 Å². The summed E-state index contributed by atoms with van der Waals surface area (Å²) in [5, 5.41) is 3.96. The lowest BCUT2D eigenvalue weighted by molar-refractivity contribution is 0.0955. The van der Waals surface area contributed by atoms with E-state index in [1.165, 1.54) is 0 Å². The third-order valence-electron chi connectivity index (χ3n) is 4.29. The van der Waals surface area contributed by atoms with Crippen LogP contribution in [0.15, 0.2) is 48.7 Å². The third-order valence-corrected chi connectivity index (χ3v) is 4.29. The Morgan fingerprint density at radius 3 is 2.60 bits per heavy atom. The van der Waals surface area contributed by atoms with Gasteiger partial charge in [0.25, 0.3) is 5.91 Å². The van der Waals surface area contributed by atoms with Crippen LogP contribution in [0.1, 0.15) is 15.9 Å². The molecule has 0 unspecified atom stereocenters. The molecule has 1 amide bonds. The normalized spacial score (nSPS) is 10.7. The van der Waals surface area contributed by atoms with Gasteiger partial charge in [-0.25, -0.2) is 0 Å². The summed E-state index contributed by atoms with van der Waals surface area (Å²) < 4.78 is 12.5. The van der Waals surface area contributed by atoms with Gasteiger partial charge in [0.05, 0.1) is 19.8 Å². The zero-order valence-electron chi connectivity index (χ0n) is 14.7. The van der Waals surface area contributed by atoms with E-state index in [9.17, 15) is 4.79 Å². The summed E-state index contributed by atoms with van der Waals surface area (Å²) in [6, 6.07) is 13.7. The second kappa shape index (κ2) is 7.30. The molecule has 0 saturated heterocycles. The van der Waals surface area contributed by atoms with Crippen molar-refractivity contribution in [3.8, 4) is 11.5 Å². The van der Waals surface area contributed by atoms with Crippen LogP contribution in [-0.2, 0) is 13.5 Å². The molecule has 0 atom stereocenters. The number of benzene rings is 2. The number of hydrogen-bond acceptors (Lipinski definition) is 3. The topological polar surface area (TPSA) is 52.5 Å². The summed E-state index contributed by atoms with van der Waals surface area (Å²) >= 11 is 0. The molecule has 130 valence electrons. The number of aryl methyl sites for hydroxylation is 1. The number of amides is 1. The molecule has 0 bridgehead atoms. The molecule has 0 saturated carbocycles. The van der Waals surface area contributed by atoms with E-state index in [-0.39, 0.29) is 5.91 Å². The first-order valence-electron chi connectivity index (χ1n) is 8.17. The van der Waals surface area contributed by atoms with Gasteiger partial charge in [-0.1, -0.05) is 24.3 Å². The van der Waals surface area contributed by atoms with Gasteiger partial charge in [-0.3, -0.25) is 4.79 Å². The Morgan fingerprint density at radius 2 is 1.84 bits per heavy atom. The van der Waals surface area contributed by atoms with E-state index < -0.39 is 0 Å². The molecule has 1 heterocycles. The monoisotopic (exact) mass is 338 g/mol. The number of rotatable bonds is 6. The molecule has 0 aliphatic carbocycles. The molecule has 1 N–H and O–H groups in total. The van der Waals surface area contributed by atoms with Crippen LogP contribution in [0.3, 0.4) is 0 Å². The first-order chi connectivity index (χ1) is 12.1. The fourth-order valence-corrected chi connectivity index (χ4v) is 2.97. The van der Waals surface area contributed by atoms with Crippen LogP contribution in [0.2, 0.25) is 0 Å². The van der Waals surface area contributed by atoms with E-state index in [4.69, 9.17) is 9.47 Å². The Hall–Kier alpha value is -2.95. The second-order valence-electron chi connectivity index (χ2n) is 5.87. The van der Waals surface area contributed by atoms with Crippen molar-refractivity contribution in [1.82, 2.24) is 9.88 Å². The van der Waals surface area contributed by atoms with Crippen LogP contribution in [0, 0.1) is 0 Å². The van der Waals surface area contributed by atoms with E-state index in [0.717, 1.165) is 22.9 Å². The molecule has 25 heavy (non-hydrogen) atoms. The molecule has 5 heteroatoms. The van der Waals surface area contributed by atoms with Gasteiger partial charge in [-0.2, -0.15) is 0 Å². The van der Waals surface area contributed by atoms with Crippen molar-refractivity contribution < 1.29 is 14.3 Å². The molecule has 0 aliphatic heterocycles. The van der Waals surface area contributed by atoms with Crippen molar-refractivity contribution in [2.45, 2.75) is 6.42 Å². The molecule has 3 aromatic rings. The van der Waals surface area contributed by atoms with Crippen molar-refractivity contribution >= 4 is 16.8 Å². The quantitative estimate of drug-likeness (QED) is 0.751. The van der Waals surface area contributed by atoms with Crippen molar-refractivity contribution in [3.05, 3.63) is 59.8 Å². The number of nitrogens with one attached hydrogen (secondary N) is 1. The number of nitrogens with zero attached hydrogens (tertiary/aromatic N) is 1. The van der Waals surface area contributed by atoms with Crippen LogP contribution in [-0.4, -0.2) is 31.2 Å². The number of fused-ring (bicyclic) bond motifs is 1. The molecule has 0 spiro atoms. The molecule has 5 nitrogen and oxygen atoms in total. The van der Waals surface area contributed by atoms with Crippen molar-refractivity contribution in [2.75, 3.05) is 20.8 Å². The van der Waals surface area contributed by atoms with E-state index >= 15 is 0 Å². The minimum atomic E-state index is -0.0581. The van der Waals surface area contributed by atoms with Gasteiger partial charge >= 0.3 is 0 Å². The summed E-state index contributed by atoms with van der Waals surface area (Å²) in [4.78, 5) is 12.5. The van der Waals surface area contributed by atoms with E-state index in [0.29, 0.717) is 23.6 Å². The molecular weight excluding hydrogens is 316 g/mol. The maximum atomic E-state index is 12.5. The lowest BCUT2D eigenvalue weighted by atomic mass is 10.1. The Balaban J connectivity index is 1.66. The number of hydrogen-bond donors (Lipinski definition) is 1. The Bertz CT molecular complexity index is 899. The highest BCUT2D eigenvalue weighted by atomic mass is 16.5. The summed E-state index contributed by atoms with van der Waals surface area (Å²) in [6.45, 7) is 0.553. The van der Waals surface area contributed by atoms with Crippen LogP contribution < -0.4 is 14.8 Å². The third kappa shape index (κ3) is 3.45. The van der Waals surface area contributed by atoms with Gasteiger partial charge in [0.2, 0.25) is 0 Å². The summed E-state index contributed by atoms with van der Waals surface area (Å²) in [6.07, 6.45) is 2.59. The maximum Gasteiger partial charge on any atom is 0.253 e. The number of para-hydroxylation sites is 1. The van der Waals surface area contributed by atoms with Crippen molar-refractivity contribution in [2.24, 2.45) is 7.05 Å². The summed E-state index contributed by atoms with van der Waals surface area (Å²) in [5.41, 5.74) is 2.83. The Kier molecular flexibility index (Phi) is 4.93.